The fraction of sp³-hybridized carbons (Fsp3) is 0.500. The van der Waals surface area contributed by atoms with Crippen molar-refractivity contribution < 1.29 is 8.78 Å². The molecule has 0 saturated heterocycles. The van der Waals surface area contributed by atoms with Crippen molar-refractivity contribution >= 4 is 11.4 Å². The highest BCUT2D eigenvalue weighted by atomic mass is 19.2. The topological polar surface area (TPSA) is 29.3 Å². The Balaban J connectivity index is 3.07. The molecule has 4 heteroatoms. The Bertz CT molecular complexity index is 366. The van der Waals surface area contributed by atoms with E-state index in [4.69, 9.17) is 5.73 Å². The van der Waals surface area contributed by atoms with Gasteiger partial charge in [-0.1, -0.05) is 13.3 Å². The first-order valence-corrected chi connectivity index (χ1v) is 5.45. The summed E-state index contributed by atoms with van der Waals surface area (Å²) >= 11 is 0. The number of hydrogen-bond acceptors (Lipinski definition) is 2. The van der Waals surface area contributed by atoms with Crippen LogP contribution in [-0.2, 0) is 0 Å². The standard InChI is InChI=1S/C12H18F2N2/c1-4-5-8(2)16(3)12-10(15)7-6-9(13)11(12)14/h6-8H,4-5,15H2,1-3H3. The van der Waals surface area contributed by atoms with Crippen LogP contribution in [0.5, 0.6) is 0 Å². The molecule has 2 N–H and O–H groups in total. The van der Waals surface area contributed by atoms with Crippen molar-refractivity contribution in [2.24, 2.45) is 0 Å². The first-order chi connectivity index (χ1) is 7.49. The predicted molar refractivity (Wildman–Crippen MR) is 63.5 cm³/mol. The number of hydrogen-bond donors (Lipinski definition) is 1. The highest BCUT2D eigenvalue weighted by Crippen LogP contribution is 2.29. The van der Waals surface area contributed by atoms with Crippen molar-refractivity contribution in [3.63, 3.8) is 0 Å². The Morgan fingerprint density at radius 1 is 1.38 bits per heavy atom. The summed E-state index contributed by atoms with van der Waals surface area (Å²) in [6, 6.07) is 2.57. The van der Waals surface area contributed by atoms with Crippen molar-refractivity contribution in [3.8, 4) is 0 Å². The first kappa shape index (κ1) is 12.7. The molecule has 1 aromatic rings. The second-order valence-electron chi connectivity index (χ2n) is 4.05. The van der Waals surface area contributed by atoms with Gasteiger partial charge in [0.1, 0.15) is 0 Å². The molecule has 2 nitrogen and oxygen atoms in total. The molecule has 1 aromatic carbocycles. The van der Waals surface area contributed by atoms with Crippen LogP contribution in [0.1, 0.15) is 26.7 Å². The van der Waals surface area contributed by atoms with Crippen molar-refractivity contribution in [3.05, 3.63) is 23.8 Å². The Kier molecular flexibility index (Phi) is 4.10. The summed E-state index contributed by atoms with van der Waals surface area (Å²) in [5, 5.41) is 0. The van der Waals surface area contributed by atoms with E-state index in [1.165, 1.54) is 6.07 Å². The van der Waals surface area contributed by atoms with E-state index in [0.29, 0.717) is 0 Å². The number of nitrogen functional groups attached to an aromatic ring is 1. The van der Waals surface area contributed by atoms with Crippen molar-refractivity contribution in [2.75, 3.05) is 17.7 Å². The molecule has 0 bridgehead atoms. The van der Waals surface area contributed by atoms with E-state index in [2.05, 4.69) is 6.92 Å². The van der Waals surface area contributed by atoms with Crippen LogP contribution in [0.4, 0.5) is 20.2 Å². The smallest absolute Gasteiger partial charge is 0.184 e. The van der Waals surface area contributed by atoms with Crippen LogP contribution in [-0.4, -0.2) is 13.1 Å². The van der Waals surface area contributed by atoms with E-state index >= 15 is 0 Å². The molecule has 1 atom stereocenters. The number of anilines is 2. The van der Waals surface area contributed by atoms with Gasteiger partial charge in [0.25, 0.3) is 0 Å². The van der Waals surface area contributed by atoms with E-state index in [-0.39, 0.29) is 17.4 Å². The number of benzene rings is 1. The third-order valence-corrected chi connectivity index (χ3v) is 2.82. The van der Waals surface area contributed by atoms with Crippen molar-refractivity contribution in [1.29, 1.82) is 0 Å². The quantitative estimate of drug-likeness (QED) is 0.802. The van der Waals surface area contributed by atoms with Gasteiger partial charge in [0.15, 0.2) is 11.6 Å². The molecule has 0 spiro atoms. The maximum absolute atomic E-state index is 13.6. The number of rotatable bonds is 4. The number of halogens is 2. The molecule has 0 aliphatic heterocycles. The highest BCUT2D eigenvalue weighted by molar-refractivity contribution is 5.68. The minimum absolute atomic E-state index is 0.128. The Morgan fingerprint density at radius 2 is 2.00 bits per heavy atom. The normalized spacial score (nSPS) is 12.6. The summed E-state index contributed by atoms with van der Waals surface area (Å²) in [5.41, 5.74) is 6.10. The lowest BCUT2D eigenvalue weighted by molar-refractivity contribution is 0.502. The zero-order valence-corrected chi connectivity index (χ0v) is 9.93. The molecule has 0 saturated carbocycles. The summed E-state index contributed by atoms with van der Waals surface area (Å²) < 4.78 is 26.7. The molecule has 0 aliphatic rings. The van der Waals surface area contributed by atoms with Crippen LogP contribution in [0.3, 0.4) is 0 Å². The first-order valence-electron chi connectivity index (χ1n) is 5.45. The summed E-state index contributed by atoms with van der Waals surface area (Å²) in [6.45, 7) is 4.02. The Morgan fingerprint density at radius 3 is 2.56 bits per heavy atom. The van der Waals surface area contributed by atoms with Crippen LogP contribution < -0.4 is 10.6 Å². The Labute approximate surface area is 95.1 Å². The lowest BCUT2D eigenvalue weighted by atomic mass is 10.1. The van der Waals surface area contributed by atoms with Crippen molar-refractivity contribution in [1.82, 2.24) is 0 Å². The molecule has 0 fully saturated rings. The third-order valence-electron chi connectivity index (χ3n) is 2.82. The van der Waals surface area contributed by atoms with Crippen LogP contribution in [0.15, 0.2) is 12.1 Å². The van der Waals surface area contributed by atoms with Gasteiger partial charge in [-0.05, 0) is 25.5 Å². The molecule has 0 radical (unpaired) electrons. The molecule has 0 aliphatic carbocycles. The highest BCUT2D eigenvalue weighted by Gasteiger charge is 2.19. The fourth-order valence-electron chi connectivity index (χ4n) is 1.75. The van der Waals surface area contributed by atoms with Crippen LogP contribution in [0, 0.1) is 11.6 Å². The van der Waals surface area contributed by atoms with Crippen LogP contribution in [0.2, 0.25) is 0 Å². The van der Waals surface area contributed by atoms with Gasteiger partial charge in [0.05, 0.1) is 11.4 Å². The van der Waals surface area contributed by atoms with E-state index < -0.39 is 11.6 Å². The van der Waals surface area contributed by atoms with Gasteiger partial charge in [-0.2, -0.15) is 0 Å². The minimum Gasteiger partial charge on any atom is -0.397 e. The molecular weight excluding hydrogens is 210 g/mol. The average Bonchev–Trinajstić information content (AvgIpc) is 2.24. The van der Waals surface area contributed by atoms with Gasteiger partial charge in [-0.15, -0.1) is 0 Å². The average molecular weight is 228 g/mol. The lowest BCUT2D eigenvalue weighted by Gasteiger charge is -2.28. The van der Waals surface area contributed by atoms with E-state index in [1.807, 2.05) is 6.92 Å². The van der Waals surface area contributed by atoms with E-state index in [1.54, 1.807) is 11.9 Å². The van der Waals surface area contributed by atoms with E-state index in [9.17, 15) is 8.78 Å². The molecule has 0 aromatic heterocycles. The summed E-state index contributed by atoms with van der Waals surface area (Å²) in [4.78, 5) is 1.69. The molecule has 90 valence electrons. The van der Waals surface area contributed by atoms with E-state index in [0.717, 1.165) is 18.9 Å². The lowest BCUT2D eigenvalue weighted by Crippen LogP contribution is -2.30. The SMILES string of the molecule is CCCC(C)N(C)c1c(N)ccc(F)c1F. The number of nitrogens with two attached hydrogens (primary N) is 1. The van der Waals surface area contributed by atoms with Gasteiger partial charge in [0.2, 0.25) is 0 Å². The van der Waals surface area contributed by atoms with Gasteiger partial charge in [-0.25, -0.2) is 8.78 Å². The monoisotopic (exact) mass is 228 g/mol. The van der Waals surface area contributed by atoms with Crippen molar-refractivity contribution in [2.45, 2.75) is 32.7 Å². The molecule has 16 heavy (non-hydrogen) atoms. The molecule has 0 heterocycles. The molecule has 0 amide bonds. The second kappa shape index (κ2) is 5.14. The maximum Gasteiger partial charge on any atom is 0.184 e. The molecular formula is C12H18F2N2. The minimum atomic E-state index is -0.870. The van der Waals surface area contributed by atoms with Crippen LogP contribution >= 0.6 is 0 Å². The summed E-state index contributed by atoms with van der Waals surface area (Å²) in [6.07, 6.45) is 1.90. The third kappa shape index (κ3) is 2.43. The number of nitrogens with zero attached hydrogens (tertiary/aromatic N) is 1. The Hall–Kier alpha value is -1.32. The van der Waals surface area contributed by atoms with Gasteiger partial charge in [-0.3, -0.25) is 0 Å². The maximum atomic E-state index is 13.6. The predicted octanol–water partition coefficient (Wildman–Crippen LogP) is 3.17. The zero-order chi connectivity index (χ0) is 12.3. The fourth-order valence-corrected chi connectivity index (χ4v) is 1.75. The summed E-state index contributed by atoms with van der Waals surface area (Å²) in [7, 11) is 1.73. The van der Waals surface area contributed by atoms with Gasteiger partial charge in [0, 0.05) is 13.1 Å². The summed E-state index contributed by atoms with van der Waals surface area (Å²) in [5.74, 6) is -1.73. The second-order valence-corrected chi connectivity index (χ2v) is 4.05. The zero-order valence-electron chi connectivity index (χ0n) is 9.93. The molecule has 1 rings (SSSR count). The molecule has 1 unspecified atom stereocenters. The largest absolute Gasteiger partial charge is 0.397 e. The van der Waals surface area contributed by atoms with Gasteiger partial charge >= 0.3 is 0 Å². The van der Waals surface area contributed by atoms with Gasteiger partial charge < -0.3 is 10.6 Å². The van der Waals surface area contributed by atoms with Crippen LogP contribution in [0.25, 0.3) is 0 Å².